The van der Waals surface area contributed by atoms with Crippen LogP contribution in [0.1, 0.15) is 17.5 Å². The van der Waals surface area contributed by atoms with Crippen LogP contribution in [0.2, 0.25) is 0 Å². The lowest BCUT2D eigenvalue weighted by Crippen LogP contribution is -2.23. The third-order valence-corrected chi connectivity index (χ3v) is 6.13. The Hall–Kier alpha value is -0.350. The standard InChI is InChI=1S/C11H14BrNOS/c1-8-9(2)11(5-4-10(8)12)13-15(14)6-3-7-15/h4-5H,3,6-7H2,1-2H3. The summed E-state index contributed by atoms with van der Waals surface area (Å²) in [5.41, 5.74) is 3.19. The summed E-state index contributed by atoms with van der Waals surface area (Å²) in [7, 11) is -1.88. The Balaban J connectivity index is 2.51. The van der Waals surface area contributed by atoms with Crippen molar-refractivity contribution in [3.05, 3.63) is 27.7 Å². The first kappa shape index (κ1) is 11.1. The molecule has 0 unspecified atom stereocenters. The van der Waals surface area contributed by atoms with Crippen LogP contribution >= 0.6 is 15.9 Å². The second-order valence-corrected chi connectivity index (χ2v) is 7.34. The van der Waals surface area contributed by atoms with Crippen LogP contribution in [0, 0.1) is 13.8 Å². The van der Waals surface area contributed by atoms with Gasteiger partial charge in [0, 0.05) is 16.0 Å². The highest BCUT2D eigenvalue weighted by molar-refractivity contribution is 9.10. The van der Waals surface area contributed by atoms with E-state index >= 15 is 0 Å². The number of hydrogen-bond acceptors (Lipinski definition) is 2. The molecule has 0 radical (unpaired) electrons. The molecule has 1 aromatic rings. The average Bonchev–Trinajstić information content (AvgIpc) is 2.17. The molecule has 1 fully saturated rings. The zero-order valence-electron chi connectivity index (χ0n) is 8.92. The molecule has 0 aliphatic carbocycles. The van der Waals surface area contributed by atoms with Gasteiger partial charge in [-0.15, -0.1) is 0 Å². The van der Waals surface area contributed by atoms with Crippen molar-refractivity contribution in [2.75, 3.05) is 11.5 Å². The van der Waals surface area contributed by atoms with Crippen LogP contribution in [0.3, 0.4) is 0 Å². The van der Waals surface area contributed by atoms with E-state index in [1.807, 2.05) is 26.0 Å². The van der Waals surface area contributed by atoms with E-state index in [9.17, 15) is 4.21 Å². The first-order chi connectivity index (χ1) is 7.02. The Bertz CT molecular complexity index is 506. The van der Waals surface area contributed by atoms with E-state index < -0.39 is 9.73 Å². The maximum atomic E-state index is 12.0. The zero-order valence-corrected chi connectivity index (χ0v) is 11.3. The summed E-state index contributed by atoms with van der Waals surface area (Å²) >= 11 is 3.48. The molecular weight excluding hydrogens is 274 g/mol. The van der Waals surface area contributed by atoms with Crippen LogP contribution in [-0.4, -0.2) is 15.7 Å². The lowest BCUT2D eigenvalue weighted by Gasteiger charge is -2.18. The molecule has 1 aliphatic rings. The fraction of sp³-hybridized carbons (Fsp3) is 0.455. The Kier molecular flexibility index (Phi) is 2.90. The molecule has 1 aliphatic heterocycles. The molecule has 82 valence electrons. The SMILES string of the molecule is Cc1c(Br)ccc(N=S2(=O)CCC2)c1C. The summed E-state index contributed by atoms with van der Waals surface area (Å²) < 4.78 is 17.5. The van der Waals surface area contributed by atoms with E-state index in [2.05, 4.69) is 20.3 Å². The fourth-order valence-electron chi connectivity index (χ4n) is 1.53. The highest BCUT2D eigenvalue weighted by Crippen LogP contribution is 2.30. The maximum absolute atomic E-state index is 12.0. The van der Waals surface area contributed by atoms with Gasteiger partial charge in [0.15, 0.2) is 0 Å². The second-order valence-electron chi connectivity index (χ2n) is 3.94. The summed E-state index contributed by atoms with van der Waals surface area (Å²) in [6, 6.07) is 3.92. The van der Waals surface area contributed by atoms with Gasteiger partial charge in [0.25, 0.3) is 0 Å². The second kappa shape index (κ2) is 3.91. The molecule has 0 bridgehead atoms. The normalized spacial score (nSPS) is 18.3. The minimum absolute atomic E-state index is 0.765. The molecule has 0 saturated carbocycles. The van der Waals surface area contributed by atoms with E-state index in [-0.39, 0.29) is 0 Å². The minimum atomic E-state index is -1.88. The van der Waals surface area contributed by atoms with Crippen LogP contribution in [0.15, 0.2) is 21.0 Å². The van der Waals surface area contributed by atoms with Gasteiger partial charge in [0.05, 0.1) is 15.4 Å². The summed E-state index contributed by atoms with van der Waals surface area (Å²) in [6.45, 7) is 4.08. The van der Waals surface area contributed by atoms with E-state index in [0.29, 0.717) is 0 Å². The third-order valence-electron chi connectivity index (χ3n) is 2.88. The lowest BCUT2D eigenvalue weighted by molar-refractivity contribution is 0.663. The summed E-state index contributed by atoms with van der Waals surface area (Å²) in [5.74, 6) is 1.53. The number of rotatable bonds is 1. The molecule has 2 rings (SSSR count). The maximum Gasteiger partial charge on any atom is 0.0762 e. The smallest absolute Gasteiger partial charge is 0.0762 e. The highest BCUT2D eigenvalue weighted by Gasteiger charge is 2.19. The Morgan fingerprint density at radius 1 is 1.27 bits per heavy atom. The quantitative estimate of drug-likeness (QED) is 0.776. The van der Waals surface area contributed by atoms with Crippen LogP contribution in [0.25, 0.3) is 0 Å². The van der Waals surface area contributed by atoms with E-state index in [4.69, 9.17) is 0 Å². The molecule has 15 heavy (non-hydrogen) atoms. The van der Waals surface area contributed by atoms with Crippen molar-refractivity contribution in [3.8, 4) is 0 Å². The number of halogens is 1. The molecule has 0 aromatic heterocycles. The van der Waals surface area contributed by atoms with Crippen molar-refractivity contribution in [2.45, 2.75) is 20.3 Å². The van der Waals surface area contributed by atoms with Crippen LogP contribution in [0.4, 0.5) is 5.69 Å². The van der Waals surface area contributed by atoms with Gasteiger partial charge in [-0.25, -0.2) is 4.21 Å². The van der Waals surface area contributed by atoms with Gasteiger partial charge in [-0.2, -0.15) is 4.36 Å². The largest absolute Gasteiger partial charge is 0.249 e. The van der Waals surface area contributed by atoms with E-state index in [0.717, 1.165) is 33.7 Å². The number of benzene rings is 1. The predicted molar refractivity (Wildman–Crippen MR) is 68.2 cm³/mol. The third kappa shape index (κ3) is 2.11. The van der Waals surface area contributed by atoms with Crippen molar-refractivity contribution in [1.29, 1.82) is 0 Å². The summed E-state index contributed by atoms with van der Waals surface area (Å²) in [6.07, 6.45) is 1.05. The monoisotopic (exact) mass is 287 g/mol. The van der Waals surface area contributed by atoms with Crippen LogP contribution < -0.4 is 0 Å². The molecule has 1 aromatic carbocycles. The van der Waals surface area contributed by atoms with Crippen LogP contribution in [-0.2, 0) is 9.73 Å². The molecule has 0 atom stereocenters. The molecule has 4 heteroatoms. The fourth-order valence-corrected chi connectivity index (χ4v) is 3.48. The highest BCUT2D eigenvalue weighted by atomic mass is 79.9. The Morgan fingerprint density at radius 3 is 2.47 bits per heavy atom. The Morgan fingerprint density at radius 2 is 1.93 bits per heavy atom. The van der Waals surface area contributed by atoms with Crippen molar-refractivity contribution in [1.82, 2.24) is 0 Å². The predicted octanol–water partition coefficient (Wildman–Crippen LogP) is 3.57. The van der Waals surface area contributed by atoms with E-state index in [1.54, 1.807) is 0 Å². The minimum Gasteiger partial charge on any atom is -0.249 e. The van der Waals surface area contributed by atoms with Crippen molar-refractivity contribution >= 4 is 31.3 Å². The number of hydrogen-bond donors (Lipinski definition) is 0. The van der Waals surface area contributed by atoms with Gasteiger partial charge in [-0.05, 0) is 43.5 Å². The summed E-state index contributed by atoms with van der Waals surface area (Å²) in [5, 5.41) is 0. The zero-order chi connectivity index (χ0) is 11.1. The van der Waals surface area contributed by atoms with Gasteiger partial charge in [0.2, 0.25) is 0 Å². The van der Waals surface area contributed by atoms with Gasteiger partial charge in [-0.3, -0.25) is 0 Å². The molecular formula is C11H14BrNOS. The first-order valence-electron chi connectivity index (χ1n) is 5.00. The van der Waals surface area contributed by atoms with Gasteiger partial charge >= 0.3 is 0 Å². The molecule has 1 heterocycles. The van der Waals surface area contributed by atoms with Crippen molar-refractivity contribution < 1.29 is 4.21 Å². The molecule has 0 amide bonds. The van der Waals surface area contributed by atoms with Crippen molar-refractivity contribution in [3.63, 3.8) is 0 Å². The molecule has 0 spiro atoms. The van der Waals surface area contributed by atoms with E-state index in [1.165, 1.54) is 5.56 Å². The average molecular weight is 288 g/mol. The molecule has 0 N–H and O–H groups in total. The van der Waals surface area contributed by atoms with Crippen molar-refractivity contribution in [2.24, 2.45) is 4.36 Å². The summed E-state index contributed by atoms with van der Waals surface area (Å²) in [4.78, 5) is 0. The molecule has 1 saturated heterocycles. The first-order valence-corrected chi connectivity index (χ1v) is 7.65. The van der Waals surface area contributed by atoms with Crippen LogP contribution in [0.5, 0.6) is 0 Å². The lowest BCUT2D eigenvalue weighted by atomic mass is 10.1. The topological polar surface area (TPSA) is 29.4 Å². The number of nitrogens with zero attached hydrogens (tertiary/aromatic N) is 1. The molecule has 2 nitrogen and oxygen atoms in total. The van der Waals surface area contributed by atoms with Gasteiger partial charge in [0.1, 0.15) is 0 Å². The Labute approximate surface area is 99.4 Å². The van der Waals surface area contributed by atoms with Gasteiger partial charge in [-0.1, -0.05) is 15.9 Å². The van der Waals surface area contributed by atoms with Gasteiger partial charge < -0.3 is 0 Å².